The Morgan fingerprint density at radius 1 is 1.11 bits per heavy atom. The van der Waals surface area contributed by atoms with Gasteiger partial charge in [0.05, 0.1) is 6.61 Å². The summed E-state index contributed by atoms with van der Waals surface area (Å²) in [5.74, 6) is 0.854. The fraction of sp³-hybridized carbons (Fsp3) is 1.00. The van der Waals surface area contributed by atoms with E-state index in [9.17, 15) is 4.57 Å². The van der Waals surface area contributed by atoms with E-state index in [0.717, 1.165) is 12.3 Å². The van der Waals surface area contributed by atoms with Crippen molar-refractivity contribution in [1.29, 1.82) is 0 Å². The van der Waals surface area contributed by atoms with E-state index in [0.29, 0.717) is 6.61 Å². The fourth-order valence-corrected chi connectivity index (χ4v) is 1.71. The molecule has 0 unspecified atom stereocenters. The van der Waals surface area contributed by atoms with Crippen molar-refractivity contribution < 1.29 is 24.0 Å². The monoisotopic (exact) mass is 299 g/mol. The van der Waals surface area contributed by atoms with Crippen molar-refractivity contribution >= 4 is 7.82 Å². The van der Waals surface area contributed by atoms with Gasteiger partial charge in [0, 0.05) is 13.2 Å². The van der Waals surface area contributed by atoms with Crippen molar-refractivity contribution in [2.75, 3.05) is 19.8 Å². The van der Waals surface area contributed by atoms with Crippen molar-refractivity contribution in [1.82, 2.24) is 0 Å². The molecule has 0 aromatic rings. The molecule has 0 bridgehead atoms. The van der Waals surface area contributed by atoms with Crippen LogP contribution in [0, 0.1) is 5.92 Å². The third-order valence-electron chi connectivity index (χ3n) is 2.32. The van der Waals surface area contributed by atoms with Crippen LogP contribution in [0.2, 0.25) is 0 Å². The number of unbranched alkanes of at least 4 members (excludes halogenated alkanes) is 4. The van der Waals surface area contributed by atoms with E-state index in [2.05, 4.69) is 18.4 Å². The SMILES string of the molecule is CC(C)CCCCCCCO.NCCOP(=O)(O)O. The number of phosphoric ester groups is 1. The zero-order chi connectivity index (χ0) is 15.1. The van der Waals surface area contributed by atoms with Crippen LogP contribution in [0.25, 0.3) is 0 Å². The van der Waals surface area contributed by atoms with Crippen molar-refractivity contribution in [3.8, 4) is 0 Å². The van der Waals surface area contributed by atoms with Crippen molar-refractivity contribution in [3.05, 3.63) is 0 Å². The van der Waals surface area contributed by atoms with Gasteiger partial charge in [-0.3, -0.25) is 4.52 Å². The molecule has 5 N–H and O–H groups in total. The summed E-state index contributed by atoms with van der Waals surface area (Å²) in [6.45, 7) is 4.92. The molecule has 0 amide bonds. The van der Waals surface area contributed by atoms with Crippen molar-refractivity contribution in [2.24, 2.45) is 11.7 Å². The first-order valence-electron chi connectivity index (χ1n) is 6.84. The summed E-state index contributed by atoms with van der Waals surface area (Å²) in [5, 5.41) is 8.51. The number of hydrogen-bond donors (Lipinski definition) is 4. The predicted molar refractivity (Wildman–Crippen MR) is 76.7 cm³/mol. The zero-order valence-electron chi connectivity index (χ0n) is 12.1. The lowest BCUT2D eigenvalue weighted by Gasteiger charge is -2.03. The van der Waals surface area contributed by atoms with E-state index >= 15 is 0 Å². The van der Waals surface area contributed by atoms with E-state index in [-0.39, 0.29) is 13.2 Å². The van der Waals surface area contributed by atoms with Crippen LogP contribution in [0.1, 0.15) is 52.4 Å². The quantitative estimate of drug-likeness (QED) is 0.362. The van der Waals surface area contributed by atoms with Crippen LogP contribution in [-0.2, 0) is 9.09 Å². The Kier molecular flexibility index (Phi) is 16.2. The molecule has 0 aromatic carbocycles. The highest BCUT2D eigenvalue weighted by Crippen LogP contribution is 2.34. The van der Waals surface area contributed by atoms with Gasteiger partial charge < -0.3 is 20.6 Å². The van der Waals surface area contributed by atoms with Crippen LogP contribution in [0.4, 0.5) is 0 Å². The Balaban J connectivity index is 0. The minimum atomic E-state index is -4.26. The van der Waals surface area contributed by atoms with Crippen LogP contribution in [0.3, 0.4) is 0 Å². The van der Waals surface area contributed by atoms with E-state index in [1.165, 1.54) is 32.1 Å². The number of phosphoric acid groups is 1. The maximum atomic E-state index is 9.81. The lowest BCUT2D eigenvalue weighted by molar-refractivity contribution is 0.202. The van der Waals surface area contributed by atoms with E-state index in [1.807, 2.05) is 0 Å². The average Bonchev–Trinajstić information content (AvgIpc) is 2.30. The van der Waals surface area contributed by atoms with E-state index in [4.69, 9.17) is 20.6 Å². The molecule has 0 saturated heterocycles. The van der Waals surface area contributed by atoms with Gasteiger partial charge in [-0.05, 0) is 12.3 Å². The van der Waals surface area contributed by atoms with Gasteiger partial charge in [-0.25, -0.2) is 4.57 Å². The number of aliphatic hydroxyl groups excluding tert-OH is 1. The third kappa shape index (κ3) is 27.3. The highest BCUT2D eigenvalue weighted by molar-refractivity contribution is 7.46. The second-order valence-electron chi connectivity index (χ2n) is 4.79. The van der Waals surface area contributed by atoms with Gasteiger partial charge in [0.15, 0.2) is 0 Å². The molecule has 0 aliphatic heterocycles. The summed E-state index contributed by atoms with van der Waals surface area (Å²) in [6, 6.07) is 0. The van der Waals surface area contributed by atoms with E-state index in [1.54, 1.807) is 0 Å². The second kappa shape index (κ2) is 14.4. The molecule has 0 rings (SSSR count). The molecule has 6 nitrogen and oxygen atoms in total. The van der Waals surface area contributed by atoms with Crippen LogP contribution in [0.5, 0.6) is 0 Å². The highest BCUT2D eigenvalue weighted by Gasteiger charge is 2.11. The molecule has 118 valence electrons. The fourth-order valence-electron chi connectivity index (χ4n) is 1.37. The Hall–Kier alpha value is 0.0300. The molecule has 7 heteroatoms. The Morgan fingerprint density at radius 2 is 1.63 bits per heavy atom. The number of nitrogens with two attached hydrogens (primary N) is 1. The molecule has 0 aliphatic rings. The lowest BCUT2D eigenvalue weighted by Crippen LogP contribution is -2.06. The maximum Gasteiger partial charge on any atom is 0.469 e. The van der Waals surface area contributed by atoms with Crippen LogP contribution in [0.15, 0.2) is 0 Å². The normalized spacial score (nSPS) is 11.3. The van der Waals surface area contributed by atoms with Gasteiger partial charge in [-0.15, -0.1) is 0 Å². The lowest BCUT2D eigenvalue weighted by atomic mass is 10.0. The average molecular weight is 299 g/mol. The van der Waals surface area contributed by atoms with Gasteiger partial charge in [0.2, 0.25) is 0 Å². The summed E-state index contributed by atoms with van der Waals surface area (Å²) >= 11 is 0. The predicted octanol–water partition coefficient (Wildman–Crippen LogP) is 2.03. The van der Waals surface area contributed by atoms with Crippen LogP contribution >= 0.6 is 7.82 Å². The molecule has 0 radical (unpaired) electrons. The minimum absolute atomic E-state index is 0.107. The summed E-state index contributed by atoms with van der Waals surface area (Å²) in [7, 11) is -4.26. The first-order valence-corrected chi connectivity index (χ1v) is 8.37. The largest absolute Gasteiger partial charge is 0.469 e. The first kappa shape index (κ1) is 21.3. The molecule has 0 atom stereocenters. The minimum Gasteiger partial charge on any atom is -0.396 e. The Labute approximate surface area is 116 Å². The van der Waals surface area contributed by atoms with Gasteiger partial charge in [-0.1, -0.05) is 46.0 Å². The molecule has 0 saturated carbocycles. The van der Waals surface area contributed by atoms with E-state index < -0.39 is 7.82 Å². The summed E-state index contributed by atoms with van der Waals surface area (Å²) in [4.78, 5) is 16.0. The van der Waals surface area contributed by atoms with Gasteiger partial charge in [-0.2, -0.15) is 0 Å². The Bertz CT molecular complexity index is 220. The standard InChI is InChI=1S/C10H22O.C2H8NO4P/c1-10(2)8-6-4-3-5-7-9-11;3-1-2-7-8(4,5)6/h10-11H,3-9H2,1-2H3;1-3H2,(H2,4,5,6). The number of rotatable bonds is 10. The molecule has 19 heavy (non-hydrogen) atoms. The smallest absolute Gasteiger partial charge is 0.396 e. The van der Waals surface area contributed by atoms with Gasteiger partial charge >= 0.3 is 7.82 Å². The first-order chi connectivity index (χ1) is 8.83. The number of aliphatic hydroxyl groups is 1. The summed E-state index contributed by atoms with van der Waals surface area (Å²) < 4.78 is 13.7. The molecule has 0 fully saturated rings. The maximum absolute atomic E-state index is 9.81. The molecular formula is C12H30NO5P. The second-order valence-corrected chi connectivity index (χ2v) is 6.03. The van der Waals surface area contributed by atoms with Crippen LogP contribution in [-0.4, -0.2) is 34.7 Å². The third-order valence-corrected chi connectivity index (χ3v) is 2.84. The van der Waals surface area contributed by atoms with Crippen molar-refractivity contribution in [3.63, 3.8) is 0 Å². The topological polar surface area (TPSA) is 113 Å². The summed E-state index contributed by atoms with van der Waals surface area (Å²) in [5.41, 5.74) is 4.87. The highest BCUT2D eigenvalue weighted by atomic mass is 31.2. The molecular weight excluding hydrogens is 269 g/mol. The van der Waals surface area contributed by atoms with Crippen LogP contribution < -0.4 is 5.73 Å². The van der Waals surface area contributed by atoms with Gasteiger partial charge in [0.25, 0.3) is 0 Å². The number of hydrogen-bond acceptors (Lipinski definition) is 4. The molecule has 0 aliphatic carbocycles. The molecule has 0 aromatic heterocycles. The summed E-state index contributed by atoms with van der Waals surface area (Å²) in [6.07, 6.45) is 7.56. The van der Waals surface area contributed by atoms with Gasteiger partial charge in [0.1, 0.15) is 0 Å². The molecule has 0 heterocycles. The Morgan fingerprint density at radius 3 is 2.00 bits per heavy atom. The molecule has 0 spiro atoms. The van der Waals surface area contributed by atoms with Crippen molar-refractivity contribution in [2.45, 2.75) is 52.4 Å². The zero-order valence-corrected chi connectivity index (χ0v) is 13.0.